The fourth-order valence-corrected chi connectivity index (χ4v) is 2.59. The molecule has 2 aliphatic carbocycles. The van der Waals surface area contributed by atoms with Crippen LogP contribution in [0.2, 0.25) is 0 Å². The maximum absolute atomic E-state index is 11.3. The Morgan fingerprint density at radius 2 is 2.07 bits per heavy atom. The van der Waals surface area contributed by atoms with Gasteiger partial charge in [-0.25, -0.2) is 0 Å². The third-order valence-electron chi connectivity index (χ3n) is 3.29. The van der Waals surface area contributed by atoms with Crippen molar-refractivity contribution >= 4 is 11.4 Å². The summed E-state index contributed by atoms with van der Waals surface area (Å²) in [5.74, 6) is 0.915. The molecule has 14 heavy (non-hydrogen) atoms. The second-order valence-corrected chi connectivity index (χ2v) is 4.16. The minimum Gasteiger partial charge on any atom is -0.295 e. The number of carbonyl (C=O) groups excluding carboxylic acids is 1. The number of hydrogen-bond donors (Lipinski definition) is 0. The second-order valence-electron chi connectivity index (χ2n) is 4.16. The van der Waals surface area contributed by atoms with Crippen molar-refractivity contribution in [2.75, 3.05) is 0 Å². The summed E-state index contributed by atoms with van der Waals surface area (Å²) in [6.07, 6.45) is 4.77. The Bertz CT molecular complexity index is 429. The summed E-state index contributed by atoms with van der Waals surface area (Å²) < 4.78 is 0. The van der Waals surface area contributed by atoms with E-state index in [0.717, 1.165) is 19.3 Å². The first-order valence-corrected chi connectivity index (χ1v) is 5.17. The van der Waals surface area contributed by atoms with Crippen LogP contribution < -0.4 is 0 Å². The Kier molecular flexibility index (Phi) is 1.60. The zero-order valence-electron chi connectivity index (χ0n) is 7.99. The van der Waals surface area contributed by atoms with E-state index in [1.54, 1.807) is 0 Å². The molecule has 0 radical (unpaired) electrons. The van der Waals surface area contributed by atoms with Crippen molar-refractivity contribution in [1.29, 1.82) is 0 Å². The van der Waals surface area contributed by atoms with E-state index >= 15 is 0 Å². The molecule has 1 heteroatoms. The maximum Gasteiger partial charge on any atom is 0.156 e. The molecular weight excluding hydrogens is 172 g/mol. The first kappa shape index (κ1) is 7.98. The highest BCUT2D eigenvalue weighted by atomic mass is 16.1. The number of rotatable bonds is 0. The van der Waals surface area contributed by atoms with E-state index in [1.807, 2.05) is 6.08 Å². The molecule has 2 aliphatic rings. The zero-order valence-corrected chi connectivity index (χ0v) is 7.99. The van der Waals surface area contributed by atoms with Crippen LogP contribution >= 0.6 is 0 Å². The summed E-state index contributed by atoms with van der Waals surface area (Å²) in [7, 11) is 0. The number of hydrogen-bond acceptors (Lipinski definition) is 1. The summed E-state index contributed by atoms with van der Waals surface area (Å²) in [6, 6.07) is 8.46. The number of allylic oxidation sites excluding steroid dienone is 2. The van der Waals surface area contributed by atoms with Gasteiger partial charge in [-0.2, -0.15) is 0 Å². The van der Waals surface area contributed by atoms with Gasteiger partial charge in [0.1, 0.15) is 0 Å². The van der Waals surface area contributed by atoms with Gasteiger partial charge in [-0.15, -0.1) is 0 Å². The van der Waals surface area contributed by atoms with Gasteiger partial charge in [-0.05, 0) is 41.5 Å². The van der Waals surface area contributed by atoms with Crippen LogP contribution in [-0.4, -0.2) is 5.78 Å². The first-order chi connectivity index (χ1) is 6.84. The lowest BCUT2D eigenvalue weighted by Crippen LogP contribution is -2.09. The Labute approximate surface area is 83.4 Å². The van der Waals surface area contributed by atoms with Crippen molar-refractivity contribution in [3.8, 4) is 0 Å². The molecule has 0 unspecified atom stereocenters. The normalized spacial score (nSPS) is 24.1. The molecular formula is C13H12O. The van der Waals surface area contributed by atoms with Crippen molar-refractivity contribution in [3.63, 3.8) is 0 Å². The Balaban J connectivity index is 2.15. The molecule has 0 heterocycles. The molecule has 1 atom stereocenters. The average Bonchev–Trinajstić information content (AvgIpc) is 2.56. The number of carbonyl (C=O) groups is 1. The lowest BCUT2D eigenvalue weighted by Gasteiger charge is -2.15. The van der Waals surface area contributed by atoms with Crippen LogP contribution in [0.5, 0.6) is 0 Å². The van der Waals surface area contributed by atoms with Gasteiger partial charge in [0.15, 0.2) is 5.78 Å². The molecule has 0 saturated heterocycles. The van der Waals surface area contributed by atoms with Gasteiger partial charge < -0.3 is 0 Å². The SMILES string of the molecule is O=C1C=C2c3ccccc3C[C@H]2CC1. The van der Waals surface area contributed by atoms with Gasteiger partial charge in [0.2, 0.25) is 0 Å². The smallest absolute Gasteiger partial charge is 0.156 e. The van der Waals surface area contributed by atoms with Crippen molar-refractivity contribution < 1.29 is 4.79 Å². The molecule has 0 N–H and O–H groups in total. The maximum atomic E-state index is 11.3. The standard InChI is InChI=1S/C13H12O/c14-11-6-5-10-7-9-3-1-2-4-12(9)13(10)8-11/h1-4,8,10H,5-7H2/t10-/m1/s1. The molecule has 0 aliphatic heterocycles. The summed E-state index contributed by atoms with van der Waals surface area (Å²) in [6.45, 7) is 0. The molecule has 1 aromatic rings. The van der Waals surface area contributed by atoms with E-state index in [1.165, 1.54) is 16.7 Å². The average molecular weight is 184 g/mol. The van der Waals surface area contributed by atoms with Gasteiger partial charge >= 0.3 is 0 Å². The monoisotopic (exact) mass is 184 g/mol. The van der Waals surface area contributed by atoms with Crippen LogP contribution in [0.4, 0.5) is 0 Å². The first-order valence-electron chi connectivity index (χ1n) is 5.17. The molecule has 0 bridgehead atoms. The van der Waals surface area contributed by atoms with Crippen LogP contribution in [0, 0.1) is 5.92 Å². The van der Waals surface area contributed by atoms with Gasteiger partial charge in [-0.3, -0.25) is 4.79 Å². The van der Waals surface area contributed by atoms with Crippen molar-refractivity contribution in [2.45, 2.75) is 19.3 Å². The van der Waals surface area contributed by atoms with Crippen molar-refractivity contribution in [3.05, 3.63) is 41.5 Å². The third-order valence-corrected chi connectivity index (χ3v) is 3.29. The number of benzene rings is 1. The quantitative estimate of drug-likeness (QED) is 0.605. The van der Waals surface area contributed by atoms with E-state index < -0.39 is 0 Å². The topological polar surface area (TPSA) is 17.1 Å². The highest BCUT2D eigenvalue weighted by Crippen LogP contribution is 2.41. The second kappa shape index (κ2) is 2.81. The Hall–Kier alpha value is -1.37. The van der Waals surface area contributed by atoms with Crippen LogP contribution in [0.3, 0.4) is 0 Å². The summed E-state index contributed by atoms with van der Waals surface area (Å²) in [4.78, 5) is 11.3. The fraction of sp³-hybridized carbons (Fsp3) is 0.308. The van der Waals surface area contributed by atoms with Gasteiger partial charge in [0.25, 0.3) is 0 Å². The molecule has 3 rings (SSSR count). The van der Waals surface area contributed by atoms with Crippen molar-refractivity contribution in [2.24, 2.45) is 5.92 Å². The minimum absolute atomic E-state index is 0.299. The summed E-state index contributed by atoms with van der Waals surface area (Å²) in [5, 5.41) is 0. The van der Waals surface area contributed by atoms with Gasteiger partial charge in [0.05, 0.1) is 0 Å². The van der Waals surface area contributed by atoms with Crippen LogP contribution in [0.25, 0.3) is 5.57 Å². The minimum atomic E-state index is 0.299. The van der Waals surface area contributed by atoms with Crippen LogP contribution in [0.1, 0.15) is 24.0 Å². The molecule has 0 saturated carbocycles. The molecule has 0 aromatic heterocycles. The zero-order chi connectivity index (χ0) is 9.54. The third kappa shape index (κ3) is 1.05. The van der Waals surface area contributed by atoms with Crippen LogP contribution in [0.15, 0.2) is 30.3 Å². The lowest BCUT2D eigenvalue weighted by atomic mass is 9.88. The van der Waals surface area contributed by atoms with E-state index in [4.69, 9.17) is 0 Å². The molecule has 1 aromatic carbocycles. The Morgan fingerprint density at radius 3 is 3.00 bits per heavy atom. The summed E-state index contributed by atoms with van der Waals surface area (Å²) in [5.41, 5.74) is 4.01. The predicted octanol–water partition coefficient (Wildman–Crippen LogP) is 2.61. The van der Waals surface area contributed by atoms with E-state index in [2.05, 4.69) is 24.3 Å². The Morgan fingerprint density at radius 1 is 1.21 bits per heavy atom. The van der Waals surface area contributed by atoms with E-state index in [0.29, 0.717) is 11.7 Å². The molecule has 70 valence electrons. The lowest BCUT2D eigenvalue weighted by molar-refractivity contribution is -0.115. The van der Waals surface area contributed by atoms with E-state index in [9.17, 15) is 4.79 Å². The van der Waals surface area contributed by atoms with E-state index in [-0.39, 0.29) is 0 Å². The number of ketones is 1. The molecule has 0 spiro atoms. The van der Waals surface area contributed by atoms with Crippen molar-refractivity contribution in [1.82, 2.24) is 0 Å². The molecule has 1 nitrogen and oxygen atoms in total. The number of fused-ring (bicyclic) bond motifs is 3. The largest absolute Gasteiger partial charge is 0.295 e. The highest BCUT2D eigenvalue weighted by Gasteiger charge is 2.29. The van der Waals surface area contributed by atoms with Crippen LogP contribution in [-0.2, 0) is 11.2 Å². The van der Waals surface area contributed by atoms with Gasteiger partial charge in [0, 0.05) is 6.42 Å². The summed E-state index contributed by atoms with van der Waals surface area (Å²) >= 11 is 0. The predicted molar refractivity (Wildman–Crippen MR) is 55.9 cm³/mol. The van der Waals surface area contributed by atoms with Gasteiger partial charge in [-0.1, -0.05) is 24.3 Å². The fourth-order valence-electron chi connectivity index (χ4n) is 2.59. The molecule has 0 amide bonds. The highest BCUT2D eigenvalue weighted by molar-refractivity contribution is 6.00. The molecule has 0 fully saturated rings.